The number of amides is 2. The molecule has 1 atom stereocenters. The van der Waals surface area contributed by atoms with E-state index < -0.39 is 24.6 Å². The lowest BCUT2D eigenvalue weighted by Gasteiger charge is -2.14. The van der Waals surface area contributed by atoms with Gasteiger partial charge >= 0.3 is 12.0 Å². The third-order valence-corrected chi connectivity index (χ3v) is 2.30. The fraction of sp³-hybridized carbons (Fsp3) is 0.333. The van der Waals surface area contributed by atoms with Gasteiger partial charge in [-0.05, 0) is 12.1 Å². The van der Waals surface area contributed by atoms with Gasteiger partial charge in [-0.3, -0.25) is 0 Å². The maximum atomic E-state index is 11.6. The minimum absolute atomic E-state index is 0.499. The molecule has 7 heteroatoms. The van der Waals surface area contributed by atoms with E-state index >= 15 is 0 Å². The molecule has 3 N–H and O–H groups in total. The first-order chi connectivity index (χ1) is 9.10. The third kappa shape index (κ3) is 4.47. The van der Waals surface area contributed by atoms with Crippen molar-refractivity contribution >= 4 is 17.7 Å². The molecule has 1 aromatic carbocycles. The van der Waals surface area contributed by atoms with Crippen molar-refractivity contribution in [3.8, 4) is 5.75 Å². The summed E-state index contributed by atoms with van der Waals surface area (Å²) in [7, 11) is 2.69. The normalized spacial score (nSPS) is 11.3. The van der Waals surface area contributed by atoms with Crippen LogP contribution in [0.4, 0.5) is 10.5 Å². The first-order valence-electron chi connectivity index (χ1n) is 5.51. The maximum Gasteiger partial charge on any atom is 0.330 e. The molecule has 0 aliphatic heterocycles. The lowest BCUT2D eigenvalue weighted by Crippen LogP contribution is -2.45. The largest absolute Gasteiger partial charge is 0.497 e. The van der Waals surface area contributed by atoms with E-state index in [2.05, 4.69) is 15.4 Å². The van der Waals surface area contributed by atoms with Gasteiger partial charge in [0.25, 0.3) is 0 Å². The molecule has 104 valence electrons. The zero-order chi connectivity index (χ0) is 14.3. The summed E-state index contributed by atoms with van der Waals surface area (Å²) in [5.41, 5.74) is 0.499. The average molecular weight is 268 g/mol. The van der Waals surface area contributed by atoms with Crippen molar-refractivity contribution in [3.63, 3.8) is 0 Å². The molecule has 0 aliphatic carbocycles. The number of nitrogens with one attached hydrogen (secondary N) is 2. The van der Waals surface area contributed by atoms with E-state index in [0.29, 0.717) is 11.4 Å². The van der Waals surface area contributed by atoms with Gasteiger partial charge in [-0.1, -0.05) is 6.07 Å². The lowest BCUT2D eigenvalue weighted by molar-refractivity contribution is -0.143. The number of rotatable bonds is 5. The second-order valence-electron chi connectivity index (χ2n) is 3.59. The lowest BCUT2D eigenvalue weighted by atomic mass is 10.3. The van der Waals surface area contributed by atoms with Gasteiger partial charge in [0.1, 0.15) is 5.75 Å². The van der Waals surface area contributed by atoms with Crippen molar-refractivity contribution in [3.05, 3.63) is 24.3 Å². The molecule has 0 bridgehead atoms. The third-order valence-electron chi connectivity index (χ3n) is 2.30. The Morgan fingerprint density at radius 1 is 1.37 bits per heavy atom. The molecule has 0 saturated carbocycles. The molecule has 0 aliphatic rings. The summed E-state index contributed by atoms with van der Waals surface area (Å²) in [6.07, 6.45) is 0. The Morgan fingerprint density at radius 2 is 2.11 bits per heavy atom. The summed E-state index contributed by atoms with van der Waals surface area (Å²) >= 11 is 0. The number of carbonyl (C=O) groups excluding carboxylic acids is 2. The van der Waals surface area contributed by atoms with Gasteiger partial charge in [-0.2, -0.15) is 0 Å². The van der Waals surface area contributed by atoms with Crippen molar-refractivity contribution < 1.29 is 24.2 Å². The topological polar surface area (TPSA) is 96.9 Å². The van der Waals surface area contributed by atoms with E-state index in [1.54, 1.807) is 24.3 Å². The molecule has 0 aromatic heterocycles. The number of hydrogen-bond donors (Lipinski definition) is 3. The van der Waals surface area contributed by atoms with Crippen LogP contribution in [0.3, 0.4) is 0 Å². The first-order valence-corrected chi connectivity index (χ1v) is 5.51. The van der Waals surface area contributed by atoms with Gasteiger partial charge in [0.2, 0.25) is 0 Å². The van der Waals surface area contributed by atoms with Gasteiger partial charge < -0.3 is 25.2 Å². The SMILES string of the molecule is COC(=O)C(CO)NC(=O)Nc1cccc(OC)c1. The van der Waals surface area contributed by atoms with Gasteiger partial charge in [-0.15, -0.1) is 0 Å². The summed E-state index contributed by atoms with van der Waals surface area (Å²) in [5, 5.41) is 13.8. The molecular weight excluding hydrogens is 252 g/mol. The van der Waals surface area contributed by atoms with Crippen LogP contribution in [0.25, 0.3) is 0 Å². The molecule has 0 saturated heterocycles. The second-order valence-corrected chi connectivity index (χ2v) is 3.59. The highest BCUT2D eigenvalue weighted by Crippen LogP contribution is 2.16. The number of benzene rings is 1. The molecular formula is C12H16N2O5. The summed E-state index contributed by atoms with van der Waals surface area (Å²) < 4.78 is 9.44. The summed E-state index contributed by atoms with van der Waals surface area (Å²) in [6, 6.07) is 4.99. The van der Waals surface area contributed by atoms with Crippen LogP contribution < -0.4 is 15.4 Å². The van der Waals surface area contributed by atoms with Crippen molar-refractivity contribution in [2.45, 2.75) is 6.04 Å². The van der Waals surface area contributed by atoms with Gasteiger partial charge in [0, 0.05) is 11.8 Å². The zero-order valence-corrected chi connectivity index (χ0v) is 10.7. The number of urea groups is 1. The van der Waals surface area contributed by atoms with Gasteiger partial charge in [0.05, 0.1) is 20.8 Å². The van der Waals surface area contributed by atoms with Crippen molar-refractivity contribution in [1.82, 2.24) is 5.32 Å². The molecule has 0 spiro atoms. The molecule has 2 amide bonds. The Kier molecular flexibility index (Phi) is 5.62. The maximum absolute atomic E-state index is 11.6. The van der Waals surface area contributed by atoms with E-state index in [4.69, 9.17) is 9.84 Å². The van der Waals surface area contributed by atoms with Crippen LogP contribution in [-0.2, 0) is 9.53 Å². The molecule has 19 heavy (non-hydrogen) atoms. The minimum atomic E-state index is -1.10. The monoisotopic (exact) mass is 268 g/mol. The quantitative estimate of drug-likeness (QED) is 0.669. The Hall–Kier alpha value is -2.28. The van der Waals surface area contributed by atoms with Crippen molar-refractivity contribution in [1.29, 1.82) is 0 Å². The second kappa shape index (κ2) is 7.22. The Morgan fingerprint density at radius 3 is 2.68 bits per heavy atom. The fourth-order valence-corrected chi connectivity index (χ4v) is 1.35. The van der Waals surface area contributed by atoms with Crippen molar-refractivity contribution in [2.75, 3.05) is 26.1 Å². The van der Waals surface area contributed by atoms with Crippen molar-refractivity contribution in [2.24, 2.45) is 0 Å². The Labute approximate surface area is 110 Å². The van der Waals surface area contributed by atoms with E-state index in [-0.39, 0.29) is 0 Å². The molecule has 0 radical (unpaired) electrons. The summed E-state index contributed by atoms with van der Waals surface area (Å²) in [5.74, 6) is -0.132. The molecule has 1 rings (SSSR count). The number of hydrogen-bond acceptors (Lipinski definition) is 5. The minimum Gasteiger partial charge on any atom is -0.497 e. The zero-order valence-electron chi connectivity index (χ0n) is 10.7. The smallest absolute Gasteiger partial charge is 0.330 e. The molecule has 0 fully saturated rings. The van der Waals surface area contributed by atoms with Crippen LogP contribution >= 0.6 is 0 Å². The van der Waals surface area contributed by atoms with Gasteiger partial charge in [-0.25, -0.2) is 9.59 Å². The first kappa shape index (κ1) is 14.8. The Balaban J connectivity index is 2.61. The van der Waals surface area contributed by atoms with Crippen LogP contribution in [0.15, 0.2) is 24.3 Å². The number of aliphatic hydroxyl groups is 1. The van der Waals surface area contributed by atoms with E-state index in [1.807, 2.05) is 0 Å². The Bertz CT molecular complexity index is 450. The average Bonchev–Trinajstić information content (AvgIpc) is 2.44. The number of anilines is 1. The van der Waals surface area contributed by atoms with Crippen LogP contribution in [0, 0.1) is 0 Å². The standard InChI is InChI=1S/C12H16N2O5/c1-18-9-5-3-4-8(6-9)13-12(17)14-10(7-15)11(16)19-2/h3-6,10,15H,7H2,1-2H3,(H2,13,14,17). The highest BCUT2D eigenvalue weighted by atomic mass is 16.5. The highest BCUT2D eigenvalue weighted by Gasteiger charge is 2.20. The van der Waals surface area contributed by atoms with E-state index in [9.17, 15) is 9.59 Å². The summed E-state index contributed by atoms with van der Waals surface area (Å²) in [6.45, 7) is -0.543. The molecule has 0 heterocycles. The van der Waals surface area contributed by atoms with Crippen LogP contribution in [-0.4, -0.2) is 44.0 Å². The molecule has 1 aromatic rings. The number of esters is 1. The predicted octanol–water partition coefficient (Wildman–Crippen LogP) is 0.351. The highest BCUT2D eigenvalue weighted by molar-refractivity contribution is 5.92. The molecule has 1 unspecified atom stereocenters. The van der Waals surface area contributed by atoms with Crippen LogP contribution in [0.1, 0.15) is 0 Å². The van der Waals surface area contributed by atoms with Gasteiger partial charge in [0.15, 0.2) is 6.04 Å². The van der Waals surface area contributed by atoms with Crippen LogP contribution in [0.5, 0.6) is 5.75 Å². The molecule has 7 nitrogen and oxygen atoms in total. The number of methoxy groups -OCH3 is 2. The fourth-order valence-electron chi connectivity index (χ4n) is 1.35. The number of carbonyl (C=O) groups is 2. The number of ether oxygens (including phenoxy) is 2. The predicted molar refractivity (Wildman–Crippen MR) is 68.0 cm³/mol. The van der Waals surface area contributed by atoms with E-state index in [0.717, 1.165) is 0 Å². The van der Waals surface area contributed by atoms with Crippen LogP contribution in [0.2, 0.25) is 0 Å². The van der Waals surface area contributed by atoms with E-state index in [1.165, 1.54) is 14.2 Å². The number of aliphatic hydroxyl groups excluding tert-OH is 1. The summed E-state index contributed by atoms with van der Waals surface area (Å²) in [4.78, 5) is 22.8.